The number of nitrogens with zero attached hydrogens (tertiary/aromatic N) is 1. The SMILES string of the molecule is CC1=CC(=O)C2=C(C1=O)[C@@H](c1cc(Br)ccc1O)C1=CC[C@@H]3C(=O)N(CCc4ccc(O)cc4)C(=O)[C@@H]3[C@@H]1C2. The normalized spacial score (nSPS) is 26.3. The van der Waals surface area contributed by atoms with E-state index < -0.39 is 23.7 Å². The molecule has 4 aliphatic rings. The van der Waals surface area contributed by atoms with E-state index >= 15 is 0 Å². The maximum Gasteiger partial charge on any atom is 0.233 e. The molecule has 2 aromatic carbocycles. The Morgan fingerprint density at radius 2 is 1.72 bits per heavy atom. The lowest BCUT2D eigenvalue weighted by Crippen LogP contribution is -2.40. The number of ketones is 2. The van der Waals surface area contributed by atoms with Crippen molar-refractivity contribution in [2.75, 3.05) is 6.54 Å². The summed E-state index contributed by atoms with van der Waals surface area (Å²) in [6.45, 7) is 1.84. The molecule has 1 saturated heterocycles. The van der Waals surface area contributed by atoms with Crippen LogP contribution in [0.1, 0.15) is 36.8 Å². The minimum absolute atomic E-state index is 0.00414. The van der Waals surface area contributed by atoms with Crippen molar-refractivity contribution in [3.8, 4) is 11.5 Å². The first kappa shape index (κ1) is 25.5. The van der Waals surface area contributed by atoms with Gasteiger partial charge in [0.15, 0.2) is 11.6 Å². The summed E-state index contributed by atoms with van der Waals surface area (Å²) in [7, 11) is 0. The van der Waals surface area contributed by atoms with E-state index in [-0.39, 0.29) is 47.8 Å². The van der Waals surface area contributed by atoms with E-state index in [0.717, 1.165) is 11.1 Å². The molecule has 2 aromatic rings. The summed E-state index contributed by atoms with van der Waals surface area (Å²) in [6, 6.07) is 11.7. The highest BCUT2D eigenvalue weighted by molar-refractivity contribution is 9.10. The van der Waals surface area contributed by atoms with Gasteiger partial charge in [0.1, 0.15) is 11.5 Å². The molecule has 0 unspecified atom stereocenters. The van der Waals surface area contributed by atoms with Gasteiger partial charge in [0.05, 0.1) is 11.8 Å². The lowest BCUT2D eigenvalue weighted by atomic mass is 9.59. The van der Waals surface area contributed by atoms with Crippen LogP contribution < -0.4 is 0 Å². The number of rotatable bonds is 4. The number of halogens is 1. The third-order valence-corrected chi connectivity index (χ3v) is 9.01. The number of Topliss-reactive ketones (excluding diaryl/α,β-unsaturated/α-hetero) is 1. The number of imide groups is 1. The largest absolute Gasteiger partial charge is 0.508 e. The Bertz CT molecular complexity index is 1550. The Balaban J connectivity index is 1.39. The van der Waals surface area contributed by atoms with E-state index in [1.165, 1.54) is 11.0 Å². The summed E-state index contributed by atoms with van der Waals surface area (Å²) >= 11 is 3.46. The molecule has 0 spiro atoms. The van der Waals surface area contributed by atoms with Crippen molar-refractivity contribution in [3.63, 3.8) is 0 Å². The predicted octanol–water partition coefficient (Wildman–Crippen LogP) is 4.53. The standard InChI is InChI=1S/C31H26BrNO6/c1-15-12-25(36)23-14-21-19(26(28(23)29(15)37)22-13-17(32)4-9-24(22)35)7-8-20-27(21)31(39)33(30(20)38)11-10-16-2-5-18(34)6-3-16/h2-7,9,12-13,20-21,26-27,34-35H,8,10-11,14H2,1H3/t20-,21+,26+,27-/m0/s1. The molecule has 0 bridgehead atoms. The Labute approximate surface area is 233 Å². The van der Waals surface area contributed by atoms with Gasteiger partial charge in [-0.05, 0) is 74.1 Å². The van der Waals surface area contributed by atoms with Crippen LogP contribution in [0.3, 0.4) is 0 Å². The zero-order valence-corrected chi connectivity index (χ0v) is 22.8. The lowest BCUT2D eigenvalue weighted by Gasteiger charge is -2.42. The number of likely N-dealkylation sites (tertiary alicyclic amines) is 1. The predicted molar refractivity (Wildman–Crippen MR) is 146 cm³/mol. The first-order valence-corrected chi connectivity index (χ1v) is 13.8. The van der Waals surface area contributed by atoms with Crippen LogP contribution in [0.4, 0.5) is 0 Å². The summed E-state index contributed by atoms with van der Waals surface area (Å²) < 4.78 is 0.711. The van der Waals surface area contributed by atoms with Gasteiger partial charge in [0.25, 0.3) is 0 Å². The molecule has 39 heavy (non-hydrogen) atoms. The minimum atomic E-state index is -0.689. The number of hydrogen-bond donors (Lipinski definition) is 2. The number of carbonyl (C=O) groups excluding carboxylic acids is 4. The molecule has 6 rings (SSSR count). The highest BCUT2D eigenvalue weighted by atomic mass is 79.9. The minimum Gasteiger partial charge on any atom is -0.508 e. The molecular formula is C31H26BrNO6. The van der Waals surface area contributed by atoms with Crippen LogP contribution in [-0.4, -0.2) is 45.0 Å². The highest BCUT2D eigenvalue weighted by Gasteiger charge is 2.56. The fraction of sp³-hybridized carbons (Fsp3) is 0.290. The van der Waals surface area contributed by atoms with Crippen LogP contribution in [0.25, 0.3) is 0 Å². The maximum absolute atomic E-state index is 13.8. The molecule has 1 heterocycles. The molecular weight excluding hydrogens is 562 g/mol. The number of benzene rings is 2. The number of phenolic OH excluding ortho intramolecular Hbond substituents is 2. The molecule has 198 valence electrons. The average molecular weight is 588 g/mol. The Morgan fingerprint density at radius 1 is 0.974 bits per heavy atom. The van der Waals surface area contributed by atoms with Crippen LogP contribution in [-0.2, 0) is 25.6 Å². The Kier molecular flexibility index (Phi) is 6.18. The number of fused-ring (bicyclic) bond motifs is 3. The molecule has 2 amide bonds. The van der Waals surface area contributed by atoms with Crippen molar-refractivity contribution in [2.45, 2.75) is 32.1 Å². The second kappa shape index (κ2) is 9.45. The van der Waals surface area contributed by atoms with Gasteiger partial charge in [-0.2, -0.15) is 0 Å². The molecule has 1 fully saturated rings. The maximum atomic E-state index is 13.8. The van der Waals surface area contributed by atoms with Gasteiger partial charge in [-0.3, -0.25) is 24.1 Å². The van der Waals surface area contributed by atoms with E-state index in [2.05, 4.69) is 15.9 Å². The Morgan fingerprint density at radius 3 is 2.46 bits per heavy atom. The molecule has 0 aromatic heterocycles. The van der Waals surface area contributed by atoms with Gasteiger partial charge in [-0.25, -0.2) is 0 Å². The fourth-order valence-corrected chi connectivity index (χ4v) is 7.04. The fourth-order valence-electron chi connectivity index (χ4n) is 6.66. The first-order valence-electron chi connectivity index (χ1n) is 13.0. The monoisotopic (exact) mass is 587 g/mol. The molecule has 0 radical (unpaired) electrons. The van der Waals surface area contributed by atoms with Crippen LogP contribution in [0.5, 0.6) is 11.5 Å². The number of amides is 2. The summed E-state index contributed by atoms with van der Waals surface area (Å²) in [4.78, 5) is 55.2. The van der Waals surface area contributed by atoms with Crippen molar-refractivity contribution in [1.29, 1.82) is 0 Å². The van der Waals surface area contributed by atoms with Crippen molar-refractivity contribution in [3.05, 3.63) is 92.5 Å². The molecule has 0 saturated carbocycles. The summed E-state index contributed by atoms with van der Waals surface area (Å²) in [6.07, 6.45) is 4.30. The molecule has 1 aliphatic heterocycles. The van der Waals surface area contributed by atoms with Crippen molar-refractivity contribution < 1.29 is 29.4 Å². The summed E-state index contributed by atoms with van der Waals surface area (Å²) in [5.74, 6) is -3.14. The summed E-state index contributed by atoms with van der Waals surface area (Å²) in [5.41, 5.74) is 3.26. The highest BCUT2D eigenvalue weighted by Crippen LogP contribution is 2.56. The van der Waals surface area contributed by atoms with Crippen molar-refractivity contribution in [2.24, 2.45) is 17.8 Å². The molecule has 7 nitrogen and oxygen atoms in total. The number of hydrogen-bond acceptors (Lipinski definition) is 6. The lowest BCUT2D eigenvalue weighted by molar-refractivity contribution is -0.140. The second-order valence-corrected chi connectivity index (χ2v) is 11.6. The van der Waals surface area contributed by atoms with Gasteiger partial charge in [0, 0.05) is 39.2 Å². The van der Waals surface area contributed by atoms with Crippen molar-refractivity contribution in [1.82, 2.24) is 4.90 Å². The van der Waals surface area contributed by atoms with E-state index in [4.69, 9.17) is 0 Å². The van der Waals surface area contributed by atoms with Gasteiger partial charge in [0.2, 0.25) is 11.8 Å². The van der Waals surface area contributed by atoms with Gasteiger partial charge in [-0.15, -0.1) is 0 Å². The summed E-state index contributed by atoms with van der Waals surface area (Å²) in [5, 5.41) is 20.4. The van der Waals surface area contributed by atoms with Crippen LogP contribution in [0.15, 0.2) is 81.4 Å². The average Bonchev–Trinajstić information content (AvgIpc) is 3.16. The Hall–Kier alpha value is -3.78. The van der Waals surface area contributed by atoms with E-state index in [0.29, 0.717) is 39.6 Å². The van der Waals surface area contributed by atoms with E-state index in [1.807, 2.05) is 6.08 Å². The van der Waals surface area contributed by atoms with Crippen molar-refractivity contribution >= 4 is 39.3 Å². The van der Waals surface area contributed by atoms with Gasteiger partial charge >= 0.3 is 0 Å². The number of aromatic hydroxyl groups is 2. The quantitative estimate of drug-likeness (QED) is 0.309. The molecule has 3 aliphatic carbocycles. The zero-order chi connectivity index (χ0) is 27.6. The van der Waals surface area contributed by atoms with Crippen LogP contribution in [0, 0.1) is 17.8 Å². The van der Waals surface area contributed by atoms with Gasteiger partial charge < -0.3 is 10.2 Å². The number of carbonyl (C=O) groups is 4. The topological polar surface area (TPSA) is 112 Å². The number of phenols is 2. The first-order chi connectivity index (χ1) is 18.7. The zero-order valence-electron chi connectivity index (χ0n) is 21.2. The second-order valence-electron chi connectivity index (χ2n) is 10.7. The van der Waals surface area contributed by atoms with Gasteiger partial charge in [-0.1, -0.05) is 39.7 Å². The third kappa shape index (κ3) is 4.09. The number of allylic oxidation sites excluding steroid dienone is 6. The van der Waals surface area contributed by atoms with Crippen LogP contribution >= 0.6 is 15.9 Å². The van der Waals surface area contributed by atoms with Crippen LogP contribution in [0.2, 0.25) is 0 Å². The van der Waals surface area contributed by atoms with E-state index in [9.17, 15) is 29.4 Å². The third-order valence-electron chi connectivity index (χ3n) is 8.52. The smallest absolute Gasteiger partial charge is 0.233 e. The molecule has 8 heteroatoms. The molecule has 2 N–H and O–H groups in total. The molecule has 4 atom stereocenters. The van der Waals surface area contributed by atoms with E-state index in [1.54, 1.807) is 49.4 Å².